The Labute approximate surface area is 225 Å². The van der Waals surface area contributed by atoms with Crippen molar-refractivity contribution in [2.75, 3.05) is 26.7 Å². The van der Waals surface area contributed by atoms with Gasteiger partial charge in [-0.2, -0.15) is 0 Å². The zero-order valence-corrected chi connectivity index (χ0v) is 24.7. The lowest BCUT2D eigenvalue weighted by atomic mass is 9.95. The number of unbranched alkanes of at least 4 members (excludes halogenated alkanes) is 3. The van der Waals surface area contributed by atoms with Gasteiger partial charge in [0, 0.05) is 31.8 Å². The van der Waals surface area contributed by atoms with Gasteiger partial charge >= 0.3 is 0 Å². The van der Waals surface area contributed by atoms with E-state index in [0.29, 0.717) is 12.1 Å². The number of nitrogens with zero attached hydrogens (tertiary/aromatic N) is 2. The minimum atomic E-state index is -0.629. The van der Waals surface area contributed by atoms with Gasteiger partial charge in [-0.05, 0) is 64.8 Å². The molecule has 0 aromatic rings. The van der Waals surface area contributed by atoms with Crippen molar-refractivity contribution in [3.05, 3.63) is 11.6 Å². The molecule has 0 radical (unpaired) electrons. The van der Waals surface area contributed by atoms with Gasteiger partial charge in [0.2, 0.25) is 17.7 Å². The normalized spacial score (nSPS) is 18.7. The monoisotopic (exact) mass is 522 g/mol. The fourth-order valence-electron chi connectivity index (χ4n) is 5.00. The van der Waals surface area contributed by atoms with Crippen LogP contribution >= 0.6 is 0 Å². The molecule has 1 fully saturated rings. The van der Waals surface area contributed by atoms with Gasteiger partial charge in [-0.25, -0.2) is 0 Å². The number of aliphatic hydroxyl groups excluding tert-OH is 1. The molecule has 3 amide bonds. The quantitative estimate of drug-likeness (QED) is 0.226. The van der Waals surface area contributed by atoms with Crippen molar-refractivity contribution in [1.82, 2.24) is 20.4 Å². The zero-order valence-electron chi connectivity index (χ0n) is 24.7. The molecule has 1 aliphatic rings. The van der Waals surface area contributed by atoms with Gasteiger partial charge in [-0.15, -0.1) is 0 Å². The first-order valence-corrected chi connectivity index (χ1v) is 14.3. The van der Waals surface area contributed by atoms with E-state index in [2.05, 4.69) is 29.4 Å². The molecule has 0 unspecified atom stereocenters. The average Bonchev–Trinajstić information content (AvgIpc) is 2.86. The molecule has 0 spiro atoms. The maximum absolute atomic E-state index is 13.7. The standard InChI is InChI=1S/C29H54N4O4/c1-20(2)25(19-23(7)27(35)30-16-12-9-10-14-18-34)32(8)29(37)26(21(3)4)31-28(36)24-15-11-13-17-33(24)22(5)6/h19-22,24-26,34H,9-18H2,1-8H3,(H,30,35)(H,31,36)/t24-,25-,26+/m1/s1. The molecular weight excluding hydrogens is 468 g/mol. The molecule has 0 aliphatic carbocycles. The van der Waals surface area contributed by atoms with E-state index in [-0.39, 0.29) is 54.3 Å². The molecule has 0 aromatic heterocycles. The molecule has 1 heterocycles. The highest BCUT2D eigenvalue weighted by Crippen LogP contribution is 2.21. The first kappa shape index (κ1) is 33.1. The van der Waals surface area contributed by atoms with Crippen molar-refractivity contribution in [3.63, 3.8) is 0 Å². The smallest absolute Gasteiger partial charge is 0.246 e. The predicted molar refractivity (Wildman–Crippen MR) is 150 cm³/mol. The van der Waals surface area contributed by atoms with E-state index < -0.39 is 6.04 Å². The number of carbonyl (C=O) groups excluding carboxylic acids is 3. The molecule has 0 saturated carbocycles. The van der Waals surface area contributed by atoms with E-state index in [1.807, 2.05) is 33.8 Å². The van der Waals surface area contributed by atoms with Gasteiger partial charge in [0.05, 0.1) is 12.1 Å². The second-order valence-electron chi connectivity index (χ2n) is 11.5. The maximum atomic E-state index is 13.7. The number of likely N-dealkylation sites (N-methyl/N-ethyl adjacent to an activating group) is 1. The minimum absolute atomic E-state index is 0.0676. The van der Waals surface area contributed by atoms with Crippen molar-refractivity contribution < 1.29 is 19.5 Å². The number of carbonyl (C=O) groups is 3. The lowest BCUT2D eigenvalue weighted by Gasteiger charge is -2.39. The number of amides is 3. The van der Waals surface area contributed by atoms with Crippen LogP contribution in [0.2, 0.25) is 0 Å². The summed E-state index contributed by atoms with van der Waals surface area (Å²) < 4.78 is 0. The summed E-state index contributed by atoms with van der Waals surface area (Å²) in [7, 11) is 1.76. The van der Waals surface area contributed by atoms with E-state index in [1.165, 1.54) is 0 Å². The predicted octanol–water partition coefficient (Wildman–Crippen LogP) is 3.49. The lowest BCUT2D eigenvalue weighted by Crippen LogP contribution is -2.58. The SMILES string of the molecule is CC(=C[C@H](C(C)C)N(C)C(=O)[C@@H](NC(=O)[C@H]1CCCCN1C(C)C)C(C)C)C(=O)NCCCCCCO. The van der Waals surface area contributed by atoms with Crippen LogP contribution in [0.4, 0.5) is 0 Å². The molecule has 1 aliphatic heterocycles. The van der Waals surface area contributed by atoms with Gasteiger partial charge in [-0.3, -0.25) is 19.3 Å². The Bertz CT molecular complexity index is 750. The topological polar surface area (TPSA) is 102 Å². The molecule has 0 bridgehead atoms. The van der Waals surface area contributed by atoms with E-state index in [1.54, 1.807) is 18.9 Å². The van der Waals surface area contributed by atoms with Gasteiger partial charge in [-0.1, -0.05) is 53.0 Å². The third kappa shape index (κ3) is 10.8. The highest BCUT2D eigenvalue weighted by Gasteiger charge is 2.36. The third-order valence-electron chi connectivity index (χ3n) is 7.37. The summed E-state index contributed by atoms with van der Waals surface area (Å²) in [6.07, 6.45) is 8.37. The number of nitrogens with one attached hydrogen (secondary N) is 2. The van der Waals surface area contributed by atoms with E-state index in [0.717, 1.165) is 51.5 Å². The molecule has 3 atom stereocenters. The van der Waals surface area contributed by atoms with Crippen molar-refractivity contribution in [2.24, 2.45) is 11.8 Å². The van der Waals surface area contributed by atoms with Gasteiger partial charge in [0.1, 0.15) is 6.04 Å². The van der Waals surface area contributed by atoms with Crippen molar-refractivity contribution >= 4 is 17.7 Å². The summed E-state index contributed by atoms with van der Waals surface area (Å²) in [6, 6.07) is -0.834. The Morgan fingerprint density at radius 1 is 1.00 bits per heavy atom. The van der Waals surface area contributed by atoms with Crippen molar-refractivity contribution in [2.45, 2.75) is 118 Å². The van der Waals surface area contributed by atoms with Crippen LogP contribution in [0.5, 0.6) is 0 Å². The van der Waals surface area contributed by atoms with Crippen LogP contribution in [-0.4, -0.2) is 83.5 Å². The number of hydrogen-bond donors (Lipinski definition) is 3. The van der Waals surface area contributed by atoms with E-state index >= 15 is 0 Å². The van der Waals surface area contributed by atoms with Crippen LogP contribution in [0.25, 0.3) is 0 Å². The molecule has 0 aromatic carbocycles. The second-order valence-corrected chi connectivity index (χ2v) is 11.5. The summed E-state index contributed by atoms with van der Waals surface area (Å²) >= 11 is 0. The first-order valence-electron chi connectivity index (χ1n) is 14.3. The molecule has 3 N–H and O–H groups in total. The summed E-state index contributed by atoms with van der Waals surface area (Å²) in [6.45, 7) is 15.7. The van der Waals surface area contributed by atoms with Gasteiger partial charge < -0.3 is 20.6 Å². The molecule has 1 rings (SSSR count). The molecular formula is C29H54N4O4. The van der Waals surface area contributed by atoms with E-state index in [9.17, 15) is 14.4 Å². The Morgan fingerprint density at radius 3 is 2.22 bits per heavy atom. The van der Waals surface area contributed by atoms with Crippen LogP contribution in [0.3, 0.4) is 0 Å². The Hall–Kier alpha value is -1.93. The first-order chi connectivity index (χ1) is 17.4. The zero-order chi connectivity index (χ0) is 28.1. The average molecular weight is 523 g/mol. The molecule has 1 saturated heterocycles. The Morgan fingerprint density at radius 2 is 1.65 bits per heavy atom. The van der Waals surface area contributed by atoms with Crippen LogP contribution in [0, 0.1) is 11.8 Å². The maximum Gasteiger partial charge on any atom is 0.246 e. The highest BCUT2D eigenvalue weighted by molar-refractivity contribution is 5.93. The summed E-state index contributed by atoms with van der Waals surface area (Å²) in [5, 5.41) is 14.9. The lowest BCUT2D eigenvalue weighted by molar-refractivity contribution is -0.140. The summed E-state index contributed by atoms with van der Waals surface area (Å²) in [4.78, 5) is 43.5. The van der Waals surface area contributed by atoms with Crippen LogP contribution in [0.15, 0.2) is 11.6 Å². The van der Waals surface area contributed by atoms with Gasteiger partial charge in [0.15, 0.2) is 0 Å². The highest BCUT2D eigenvalue weighted by atomic mass is 16.3. The fraction of sp³-hybridized carbons (Fsp3) is 0.828. The number of piperidine rings is 1. The Kier molecular flexibility index (Phi) is 15.0. The third-order valence-corrected chi connectivity index (χ3v) is 7.37. The largest absolute Gasteiger partial charge is 0.396 e. The van der Waals surface area contributed by atoms with Crippen LogP contribution in [-0.2, 0) is 14.4 Å². The van der Waals surface area contributed by atoms with Crippen LogP contribution < -0.4 is 10.6 Å². The molecule has 214 valence electrons. The molecule has 37 heavy (non-hydrogen) atoms. The fourth-order valence-corrected chi connectivity index (χ4v) is 5.00. The Balaban J connectivity index is 2.90. The number of rotatable bonds is 15. The van der Waals surface area contributed by atoms with Gasteiger partial charge in [0.25, 0.3) is 0 Å². The van der Waals surface area contributed by atoms with Crippen LogP contribution in [0.1, 0.15) is 93.4 Å². The summed E-state index contributed by atoms with van der Waals surface area (Å²) in [5.74, 6) is -0.314. The minimum Gasteiger partial charge on any atom is -0.396 e. The summed E-state index contributed by atoms with van der Waals surface area (Å²) in [5.41, 5.74) is 0.577. The van der Waals surface area contributed by atoms with Crippen molar-refractivity contribution in [1.29, 1.82) is 0 Å². The molecule has 8 heteroatoms. The molecule has 8 nitrogen and oxygen atoms in total. The van der Waals surface area contributed by atoms with E-state index in [4.69, 9.17) is 5.11 Å². The number of likely N-dealkylation sites (tertiary alicyclic amines) is 1. The number of hydrogen-bond acceptors (Lipinski definition) is 5. The second kappa shape index (κ2) is 16.8. The number of aliphatic hydroxyl groups is 1. The van der Waals surface area contributed by atoms with Crippen molar-refractivity contribution in [3.8, 4) is 0 Å².